The summed E-state index contributed by atoms with van der Waals surface area (Å²) in [6, 6.07) is 0. The summed E-state index contributed by atoms with van der Waals surface area (Å²) in [6.45, 7) is 12.2. The minimum Gasteiger partial charge on any atom is -0.301 e. The Bertz CT molecular complexity index is 156. The van der Waals surface area contributed by atoms with Crippen LogP contribution in [0.4, 0.5) is 0 Å². The van der Waals surface area contributed by atoms with Crippen LogP contribution in [0.1, 0.15) is 26.7 Å². The van der Waals surface area contributed by atoms with Gasteiger partial charge in [-0.15, -0.1) is 0 Å². The molecule has 0 saturated carbocycles. The molecule has 1 heterocycles. The van der Waals surface area contributed by atoms with Gasteiger partial charge in [0.2, 0.25) is 0 Å². The Morgan fingerprint density at radius 1 is 1.07 bits per heavy atom. The van der Waals surface area contributed by atoms with Crippen LogP contribution < -0.4 is 0 Å². The number of likely N-dealkylation sites (N-methyl/N-ethyl adjacent to an activating group) is 1. The Morgan fingerprint density at radius 3 is 2.20 bits per heavy atom. The standard InChI is InChI=1S/C12H25BrN2/c1-3-14-8-10-15(11-9-14)7-5-12(2)4-6-13/h12H,3-11H2,1-2H3. The van der Waals surface area contributed by atoms with Gasteiger partial charge in [-0.2, -0.15) is 0 Å². The van der Waals surface area contributed by atoms with Crippen LogP contribution in [0, 0.1) is 5.92 Å². The largest absolute Gasteiger partial charge is 0.301 e. The van der Waals surface area contributed by atoms with Crippen LogP contribution in [-0.2, 0) is 0 Å². The third-order valence-electron chi connectivity index (χ3n) is 3.45. The van der Waals surface area contributed by atoms with E-state index in [4.69, 9.17) is 0 Å². The zero-order valence-corrected chi connectivity index (χ0v) is 11.8. The van der Waals surface area contributed by atoms with E-state index in [1.165, 1.54) is 52.1 Å². The molecule has 0 radical (unpaired) electrons. The summed E-state index contributed by atoms with van der Waals surface area (Å²) in [5, 5.41) is 1.15. The molecule has 0 aromatic rings. The lowest BCUT2D eigenvalue weighted by atomic mass is 10.0. The van der Waals surface area contributed by atoms with Gasteiger partial charge in [-0.25, -0.2) is 0 Å². The van der Waals surface area contributed by atoms with Crippen LogP contribution >= 0.6 is 15.9 Å². The molecule has 0 aromatic carbocycles. The Kier molecular flexibility index (Phi) is 6.86. The summed E-state index contributed by atoms with van der Waals surface area (Å²) in [6.07, 6.45) is 2.67. The van der Waals surface area contributed by atoms with Crippen molar-refractivity contribution in [2.75, 3.05) is 44.6 Å². The average Bonchev–Trinajstić information content (AvgIpc) is 2.27. The first-order chi connectivity index (χ1) is 7.26. The molecule has 1 fully saturated rings. The molecule has 0 bridgehead atoms. The smallest absolute Gasteiger partial charge is 0.0110 e. The van der Waals surface area contributed by atoms with E-state index >= 15 is 0 Å². The topological polar surface area (TPSA) is 6.48 Å². The number of piperazine rings is 1. The monoisotopic (exact) mass is 276 g/mol. The van der Waals surface area contributed by atoms with Crippen molar-refractivity contribution in [3.8, 4) is 0 Å². The molecule has 1 aliphatic heterocycles. The van der Waals surface area contributed by atoms with Crippen LogP contribution in [0.3, 0.4) is 0 Å². The van der Waals surface area contributed by atoms with E-state index in [9.17, 15) is 0 Å². The van der Waals surface area contributed by atoms with E-state index in [0.29, 0.717) is 0 Å². The number of hydrogen-bond donors (Lipinski definition) is 0. The molecule has 3 heteroatoms. The molecule has 2 nitrogen and oxygen atoms in total. The fourth-order valence-electron chi connectivity index (χ4n) is 2.06. The highest BCUT2D eigenvalue weighted by Gasteiger charge is 2.15. The lowest BCUT2D eigenvalue weighted by Crippen LogP contribution is -2.46. The normalized spacial score (nSPS) is 21.8. The number of nitrogens with zero attached hydrogens (tertiary/aromatic N) is 2. The summed E-state index contributed by atoms with van der Waals surface area (Å²) < 4.78 is 0. The molecular formula is C12H25BrN2. The highest BCUT2D eigenvalue weighted by atomic mass is 79.9. The maximum atomic E-state index is 3.51. The second-order valence-corrected chi connectivity index (χ2v) is 5.44. The van der Waals surface area contributed by atoms with Crippen LogP contribution in [0.25, 0.3) is 0 Å². The molecule has 1 saturated heterocycles. The first-order valence-corrected chi connectivity index (χ1v) is 7.39. The van der Waals surface area contributed by atoms with Crippen LogP contribution in [0.15, 0.2) is 0 Å². The fraction of sp³-hybridized carbons (Fsp3) is 1.00. The second kappa shape index (κ2) is 7.64. The Hall–Kier alpha value is 0.400. The van der Waals surface area contributed by atoms with E-state index in [2.05, 4.69) is 39.6 Å². The quantitative estimate of drug-likeness (QED) is 0.688. The highest BCUT2D eigenvalue weighted by molar-refractivity contribution is 9.09. The summed E-state index contributed by atoms with van der Waals surface area (Å²) in [4.78, 5) is 5.16. The third kappa shape index (κ3) is 5.32. The molecule has 90 valence electrons. The molecular weight excluding hydrogens is 252 g/mol. The first-order valence-electron chi connectivity index (χ1n) is 6.27. The van der Waals surface area contributed by atoms with Gasteiger partial charge in [0.25, 0.3) is 0 Å². The number of alkyl halides is 1. The van der Waals surface area contributed by atoms with Gasteiger partial charge in [-0.3, -0.25) is 0 Å². The number of hydrogen-bond acceptors (Lipinski definition) is 2. The van der Waals surface area contributed by atoms with Crippen molar-refractivity contribution in [1.82, 2.24) is 9.80 Å². The SMILES string of the molecule is CCN1CCN(CCC(C)CCBr)CC1. The van der Waals surface area contributed by atoms with Crippen LogP contribution in [0.5, 0.6) is 0 Å². The summed E-state index contributed by atoms with van der Waals surface area (Å²) in [5.74, 6) is 0.869. The predicted molar refractivity (Wildman–Crippen MR) is 70.7 cm³/mol. The molecule has 1 aliphatic rings. The van der Waals surface area contributed by atoms with E-state index in [-0.39, 0.29) is 0 Å². The van der Waals surface area contributed by atoms with Gasteiger partial charge < -0.3 is 9.80 Å². The van der Waals surface area contributed by atoms with Crippen LogP contribution in [0.2, 0.25) is 0 Å². The lowest BCUT2D eigenvalue weighted by molar-refractivity contribution is 0.132. The maximum absolute atomic E-state index is 3.51. The van der Waals surface area contributed by atoms with E-state index in [0.717, 1.165) is 11.2 Å². The molecule has 0 amide bonds. The van der Waals surface area contributed by atoms with Gasteiger partial charge in [0.05, 0.1) is 0 Å². The summed E-state index contributed by atoms with van der Waals surface area (Å²) in [5.41, 5.74) is 0. The van der Waals surface area contributed by atoms with Gasteiger partial charge in [0.1, 0.15) is 0 Å². The van der Waals surface area contributed by atoms with Crippen molar-refractivity contribution in [1.29, 1.82) is 0 Å². The van der Waals surface area contributed by atoms with E-state index in [1.54, 1.807) is 0 Å². The average molecular weight is 277 g/mol. The molecule has 1 rings (SSSR count). The van der Waals surface area contributed by atoms with E-state index < -0.39 is 0 Å². The molecule has 15 heavy (non-hydrogen) atoms. The van der Waals surface area contributed by atoms with Crippen molar-refractivity contribution in [2.45, 2.75) is 26.7 Å². The highest BCUT2D eigenvalue weighted by Crippen LogP contribution is 2.11. The van der Waals surface area contributed by atoms with Gasteiger partial charge in [0.15, 0.2) is 0 Å². The van der Waals surface area contributed by atoms with Crippen molar-refractivity contribution >= 4 is 15.9 Å². The van der Waals surface area contributed by atoms with Gasteiger partial charge >= 0.3 is 0 Å². The van der Waals surface area contributed by atoms with Crippen molar-refractivity contribution in [3.63, 3.8) is 0 Å². The van der Waals surface area contributed by atoms with Crippen molar-refractivity contribution in [3.05, 3.63) is 0 Å². The minimum absolute atomic E-state index is 0.869. The summed E-state index contributed by atoms with van der Waals surface area (Å²) >= 11 is 3.51. The van der Waals surface area contributed by atoms with Gasteiger partial charge in [-0.05, 0) is 31.8 Å². The second-order valence-electron chi connectivity index (χ2n) is 4.65. The number of halogens is 1. The first kappa shape index (κ1) is 13.5. The van der Waals surface area contributed by atoms with Crippen molar-refractivity contribution < 1.29 is 0 Å². The van der Waals surface area contributed by atoms with Gasteiger partial charge in [0, 0.05) is 31.5 Å². The third-order valence-corrected chi connectivity index (χ3v) is 3.91. The van der Waals surface area contributed by atoms with Crippen LogP contribution in [-0.4, -0.2) is 54.4 Å². The maximum Gasteiger partial charge on any atom is 0.0110 e. The van der Waals surface area contributed by atoms with Crippen molar-refractivity contribution in [2.24, 2.45) is 5.92 Å². The molecule has 1 atom stereocenters. The molecule has 0 spiro atoms. The number of rotatable bonds is 6. The van der Waals surface area contributed by atoms with E-state index in [1.807, 2.05) is 0 Å². The Labute approximate surface area is 103 Å². The molecule has 0 aliphatic carbocycles. The molecule has 1 unspecified atom stereocenters. The summed E-state index contributed by atoms with van der Waals surface area (Å²) in [7, 11) is 0. The fourth-order valence-corrected chi connectivity index (χ4v) is 2.84. The Morgan fingerprint density at radius 2 is 1.67 bits per heavy atom. The van der Waals surface area contributed by atoms with Gasteiger partial charge in [-0.1, -0.05) is 29.8 Å². The predicted octanol–water partition coefficient (Wildman–Crippen LogP) is 2.44. The zero-order chi connectivity index (χ0) is 11.1. The zero-order valence-electron chi connectivity index (χ0n) is 10.2. The lowest BCUT2D eigenvalue weighted by Gasteiger charge is -2.34. The molecule has 0 aromatic heterocycles. The Balaban J connectivity index is 2.08. The molecule has 0 N–H and O–H groups in total. The minimum atomic E-state index is 0.869.